The fraction of sp³-hybridized carbons (Fsp3) is 0.125. The van der Waals surface area contributed by atoms with Gasteiger partial charge in [-0.05, 0) is 51.2 Å². The summed E-state index contributed by atoms with van der Waals surface area (Å²) in [7, 11) is 1.86. The molecule has 0 spiro atoms. The second-order valence-corrected chi connectivity index (χ2v) is 4.75. The Morgan fingerprint density at radius 3 is 2.83 bits per heavy atom. The molecule has 1 rings (SSSR count). The fourth-order valence-electron chi connectivity index (χ4n) is 0.845. The lowest BCUT2D eigenvalue weighted by Gasteiger charge is -2.06. The first-order valence-electron chi connectivity index (χ1n) is 3.33. The van der Waals surface area contributed by atoms with Crippen molar-refractivity contribution in [1.82, 2.24) is 4.98 Å². The fourth-order valence-corrected chi connectivity index (χ4v) is 1.71. The summed E-state index contributed by atoms with van der Waals surface area (Å²) < 4.78 is 2.13. The van der Waals surface area contributed by atoms with Crippen LogP contribution in [0.2, 0.25) is 0 Å². The standard InChI is InChI=1S/C8H8I2N2/c1-5(9)7-3-6(10)4-12-8(7)11-2/h3-4H,1H2,2H3,(H,11,12). The van der Waals surface area contributed by atoms with Gasteiger partial charge in [-0.2, -0.15) is 0 Å². The molecule has 64 valence electrons. The number of pyridine rings is 1. The number of nitrogens with zero attached hydrogens (tertiary/aromatic N) is 1. The first-order valence-corrected chi connectivity index (χ1v) is 5.49. The predicted octanol–water partition coefficient (Wildman–Crippen LogP) is 3.13. The highest BCUT2D eigenvalue weighted by Crippen LogP contribution is 2.26. The van der Waals surface area contributed by atoms with Crippen molar-refractivity contribution in [3.05, 3.63) is 28.0 Å². The van der Waals surface area contributed by atoms with Gasteiger partial charge in [0.1, 0.15) is 5.82 Å². The summed E-state index contributed by atoms with van der Waals surface area (Å²) in [5, 5.41) is 3.02. The maximum absolute atomic E-state index is 4.23. The van der Waals surface area contributed by atoms with Crippen LogP contribution in [0.15, 0.2) is 18.8 Å². The zero-order valence-electron chi connectivity index (χ0n) is 6.56. The van der Waals surface area contributed by atoms with Gasteiger partial charge < -0.3 is 5.32 Å². The van der Waals surface area contributed by atoms with Crippen LogP contribution in [0.4, 0.5) is 5.82 Å². The quantitative estimate of drug-likeness (QED) is 0.791. The maximum atomic E-state index is 4.23. The van der Waals surface area contributed by atoms with E-state index in [-0.39, 0.29) is 0 Å². The molecule has 0 aliphatic rings. The Bertz CT molecular complexity index is 310. The van der Waals surface area contributed by atoms with Gasteiger partial charge in [0.05, 0.1) is 0 Å². The highest BCUT2D eigenvalue weighted by Gasteiger charge is 2.03. The summed E-state index contributed by atoms with van der Waals surface area (Å²) in [6, 6.07) is 2.06. The number of aromatic nitrogens is 1. The van der Waals surface area contributed by atoms with Gasteiger partial charge in [-0.3, -0.25) is 0 Å². The Kier molecular flexibility index (Phi) is 3.76. The van der Waals surface area contributed by atoms with Crippen molar-refractivity contribution in [2.45, 2.75) is 0 Å². The Morgan fingerprint density at radius 2 is 2.33 bits per heavy atom. The average Bonchev–Trinajstić information content (AvgIpc) is 2.04. The molecule has 0 aromatic carbocycles. The second-order valence-electron chi connectivity index (χ2n) is 2.20. The molecule has 0 radical (unpaired) electrons. The van der Waals surface area contributed by atoms with Crippen molar-refractivity contribution >= 4 is 54.6 Å². The van der Waals surface area contributed by atoms with Crippen molar-refractivity contribution in [3.8, 4) is 0 Å². The van der Waals surface area contributed by atoms with Crippen molar-refractivity contribution in [1.29, 1.82) is 0 Å². The molecule has 0 unspecified atom stereocenters. The van der Waals surface area contributed by atoms with Gasteiger partial charge in [0.2, 0.25) is 0 Å². The van der Waals surface area contributed by atoms with E-state index in [0.717, 1.165) is 18.5 Å². The van der Waals surface area contributed by atoms with E-state index in [4.69, 9.17) is 0 Å². The van der Waals surface area contributed by atoms with Gasteiger partial charge in [0, 0.05) is 26.0 Å². The topological polar surface area (TPSA) is 24.9 Å². The average molecular weight is 386 g/mol. The van der Waals surface area contributed by atoms with Crippen LogP contribution in [0.25, 0.3) is 3.58 Å². The van der Waals surface area contributed by atoms with Crippen LogP contribution in [0, 0.1) is 3.57 Å². The summed E-state index contributed by atoms with van der Waals surface area (Å²) >= 11 is 4.43. The first-order chi connectivity index (χ1) is 5.65. The Morgan fingerprint density at radius 1 is 1.67 bits per heavy atom. The molecule has 12 heavy (non-hydrogen) atoms. The second kappa shape index (κ2) is 4.40. The minimum absolute atomic E-state index is 0.884. The number of hydrogen-bond donors (Lipinski definition) is 1. The van der Waals surface area contributed by atoms with E-state index in [1.807, 2.05) is 13.2 Å². The highest BCUT2D eigenvalue weighted by molar-refractivity contribution is 14.1. The molecule has 0 bridgehead atoms. The minimum atomic E-state index is 0.884. The largest absolute Gasteiger partial charge is 0.373 e. The number of halogens is 2. The molecule has 1 N–H and O–H groups in total. The molecule has 0 saturated carbocycles. The SMILES string of the molecule is C=C(I)c1cc(I)cnc1NC. The summed E-state index contributed by atoms with van der Waals surface area (Å²) in [4.78, 5) is 4.23. The number of hydrogen-bond acceptors (Lipinski definition) is 2. The summed E-state index contributed by atoms with van der Waals surface area (Å²) in [5.41, 5.74) is 1.07. The van der Waals surface area contributed by atoms with Gasteiger partial charge in [-0.25, -0.2) is 4.98 Å². The number of anilines is 1. The van der Waals surface area contributed by atoms with E-state index < -0.39 is 0 Å². The smallest absolute Gasteiger partial charge is 0.134 e. The van der Waals surface area contributed by atoms with Crippen LogP contribution >= 0.6 is 45.2 Å². The van der Waals surface area contributed by atoms with E-state index >= 15 is 0 Å². The molecule has 0 amide bonds. The number of nitrogens with one attached hydrogen (secondary N) is 1. The summed E-state index contributed by atoms with van der Waals surface area (Å²) in [5.74, 6) is 0.884. The van der Waals surface area contributed by atoms with Gasteiger partial charge >= 0.3 is 0 Å². The Balaban J connectivity index is 3.21. The van der Waals surface area contributed by atoms with Crippen LogP contribution in [-0.4, -0.2) is 12.0 Å². The van der Waals surface area contributed by atoms with Gasteiger partial charge in [0.15, 0.2) is 0 Å². The van der Waals surface area contributed by atoms with Crippen LogP contribution < -0.4 is 5.32 Å². The summed E-state index contributed by atoms with van der Waals surface area (Å²) in [6.07, 6.45) is 1.83. The molecule has 2 nitrogen and oxygen atoms in total. The number of rotatable bonds is 2. The van der Waals surface area contributed by atoms with Gasteiger partial charge in [-0.1, -0.05) is 6.58 Å². The van der Waals surface area contributed by atoms with Gasteiger partial charge in [-0.15, -0.1) is 0 Å². The highest BCUT2D eigenvalue weighted by atomic mass is 127. The molecular weight excluding hydrogens is 378 g/mol. The van der Waals surface area contributed by atoms with Gasteiger partial charge in [0.25, 0.3) is 0 Å². The van der Waals surface area contributed by atoms with Crippen molar-refractivity contribution in [3.63, 3.8) is 0 Å². The monoisotopic (exact) mass is 386 g/mol. The minimum Gasteiger partial charge on any atom is -0.373 e. The normalized spacial score (nSPS) is 9.58. The third-order valence-corrected chi connectivity index (χ3v) is 2.55. The Labute approximate surface area is 99.1 Å². The van der Waals surface area contributed by atoms with E-state index in [9.17, 15) is 0 Å². The van der Waals surface area contributed by atoms with Crippen LogP contribution in [0.3, 0.4) is 0 Å². The van der Waals surface area contributed by atoms with E-state index in [2.05, 4.69) is 68.1 Å². The summed E-state index contributed by atoms with van der Waals surface area (Å²) in [6.45, 7) is 3.88. The maximum Gasteiger partial charge on any atom is 0.134 e. The molecule has 0 fully saturated rings. The molecule has 1 heterocycles. The molecule has 0 aliphatic carbocycles. The van der Waals surface area contributed by atoms with E-state index in [1.165, 1.54) is 0 Å². The third-order valence-electron chi connectivity index (χ3n) is 1.38. The van der Waals surface area contributed by atoms with Crippen molar-refractivity contribution < 1.29 is 0 Å². The predicted molar refractivity (Wildman–Crippen MR) is 69.6 cm³/mol. The third kappa shape index (κ3) is 2.32. The lowest BCUT2D eigenvalue weighted by atomic mass is 10.2. The van der Waals surface area contributed by atoms with Crippen LogP contribution in [-0.2, 0) is 0 Å². The molecule has 0 aliphatic heterocycles. The van der Waals surface area contributed by atoms with Crippen LogP contribution in [0.5, 0.6) is 0 Å². The lowest BCUT2D eigenvalue weighted by molar-refractivity contribution is 1.26. The van der Waals surface area contributed by atoms with Crippen LogP contribution in [0.1, 0.15) is 5.56 Å². The molecule has 1 aromatic rings. The molecular formula is C8H8I2N2. The van der Waals surface area contributed by atoms with Crippen molar-refractivity contribution in [2.75, 3.05) is 12.4 Å². The van der Waals surface area contributed by atoms with E-state index in [0.29, 0.717) is 0 Å². The van der Waals surface area contributed by atoms with Crippen molar-refractivity contribution in [2.24, 2.45) is 0 Å². The Hall–Kier alpha value is 0.150. The zero-order chi connectivity index (χ0) is 9.14. The molecule has 4 heteroatoms. The van der Waals surface area contributed by atoms with E-state index in [1.54, 1.807) is 0 Å². The molecule has 1 aromatic heterocycles. The lowest BCUT2D eigenvalue weighted by Crippen LogP contribution is -1.96. The first kappa shape index (κ1) is 10.2. The molecule has 0 atom stereocenters. The molecule has 0 saturated heterocycles. The zero-order valence-corrected chi connectivity index (χ0v) is 10.9.